The quantitative estimate of drug-likeness (QED) is 0.776. The first-order valence-corrected chi connectivity index (χ1v) is 9.33. The highest BCUT2D eigenvalue weighted by atomic mass is 16.2. The number of amides is 1. The lowest BCUT2D eigenvalue weighted by atomic mass is 9.88. The molecule has 0 aliphatic carbocycles. The molecule has 1 saturated heterocycles. The zero-order chi connectivity index (χ0) is 17.8. The fourth-order valence-corrected chi connectivity index (χ4v) is 3.61. The summed E-state index contributed by atoms with van der Waals surface area (Å²) in [6.45, 7) is 6.62. The maximum absolute atomic E-state index is 12.5. The van der Waals surface area contributed by atoms with Gasteiger partial charge in [-0.3, -0.25) is 9.59 Å². The fourth-order valence-electron chi connectivity index (χ4n) is 3.61. The van der Waals surface area contributed by atoms with E-state index in [0.29, 0.717) is 25.4 Å². The summed E-state index contributed by atoms with van der Waals surface area (Å²) in [5.74, 6) is 0.966. The van der Waals surface area contributed by atoms with E-state index in [1.165, 1.54) is 11.1 Å². The van der Waals surface area contributed by atoms with Crippen molar-refractivity contribution in [2.45, 2.75) is 52.2 Å². The average molecular weight is 340 g/mol. The van der Waals surface area contributed by atoms with Crippen LogP contribution in [-0.2, 0) is 22.7 Å². The molecule has 0 unspecified atom stereocenters. The smallest absolute Gasteiger partial charge is 0.246 e. The van der Waals surface area contributed by atoms with Crippen molar-refractivity contribution < 1.29 is 9.59 Å². The lowest BCUT2D eigenvalue weighted by Crippen LogP contribution is -2.48. The van der Waals surface area contributed by atoms with E-state index in [1.807, 2.05) is 23.1 Å². The number of allylic oxidation sites excluding steroid dienone is 1. The van der Waals surface area contributed by atoms with E-state index in [2.05, 4.69) is 31.3 Å². The van der Waals surface area contributed by atoms with Gasteiger partial charge in [-0.25, -0.2) is 0 Å². The third kappa shape index (κ3) is 4.57. The highest BCUT2D eigenvalue weighted by Crippen LogP contribution is 2.24. The molecule has 1 N–H and O–H groups in total. The molecule has 2 aliphatic rings. The largest absolute Gasteiger partial charge is 0.330 e. The van der Waals surface area contributed by atoms with Crippen molar-refractivity contribution in [2.75, 3.05) is 6.54 Å². The molecule has 4 heteroatoms. The van der Waals surface area contributed by atoms with Crippen LogP contribution in [0.4, 0.5) is 0 Å². The summed E-state index contributed by atoms with van der Waals surface area (Å²) in [6.07, 6.45) is 6.05. The lowest BCUT2D eigenvalue weighted by Gasteiger charge is -2.27. The van der Waals surface area contributed by atoms with Crippen molar-refractivity contribution >= 4 is 11.7 Å². The summed E-state index contributed by atoms with van der Waals surface area (Å²) in [5.41, 5.74) is 2.46. The topological polar surface area (TPSA) is 49.4 Å². The summed E-state index contributed by atoms with van der Waals surface area (Å²) in [7, 11) is 0. The third-order valence-electron chi connectivity index (χ3n) is 5.11. The van der Waals surface area contributed by atoms with Crippen LogP contribution in [0.2, 0.25) is 0 Å². The second-order valence-electron chi connectivity index (χ2n) is 7.68. The monoisotopic (exact) mass is 340 g/mol. The Morgan fingerprint density at radius 1 is 1.24 bits per heavy atom. The van der Waals surface area contributed by atoms with Crippen molar-refractivity contribution in [3.05, 3.63) is 47.5 Å². The molecule has 1 fully saturated rings. The SMILES string of the molecule is CC(C)C[C@@H](/C=C/C(=O)N1Cc2ccccc2C1)CC(=O)[C@@H]1CCN1. The number of nitrogens with one attached hydrogen (secondary N) is 1. The summed E-state index contributed by atoms with van der Waals surface area (Å²) < 4.78 is 0. The summed E-state index contributed by atoms with van der Waals surface area (Å²) in [5, 5.41) is 3.17. The molecule has 0 bridgehead atoms. The Morgan fingerprint density at radius 3 is 2.40 bits per heavy atom. The van der Waals surface area contributed by atoms with Crippen LogP contribution < -0.4 is 5.32 Å². The standard InChI is InChI=1S/C21H28N2O2/c1-15(2)11-16(12-20(24)19-9-10-22-19)7-8-21(25)23-13-17-5-3-4-6-18(17)14-23/h3-8,15-16,19,22H,9-14H2,1-2H3/b8-7+/t16-,19+/m1/s1. The number of ketones is 1. The molecule has 4 nitrogen and oxygen atoms in total. The Labute approximate surface area is 150 Å². The van der Waals surface area contributed by atoms with E-state index in [4.69, 9.17) is 0 Å². The molecule has 25 heavy (non-hydrogen) atoms. The Bertz CT molecular complexity index is 637. The van der Waals surface area contributed by atoms with Gasteiger partial charge >= 0.3 is 0 Å². The third-order valence-corrected chi connectivity index (χ3v) is 5.11. The van der Waals surface area contributed by atoms with Crippen molar-refractivity contribution in [3.63, 3.8) is 0 Å². The van der Waals surface area contributed by atoms with E-state index in [1.54, 1.807) is 6.08 Å². The summed E-state index contributed by atoms with van der Waals surface area (Å²) in [6, 6.07) is 8.23. The van der Waals surface area contributed by atoms with E-state index >= 15 is 0 Å². The van der Waals surface area contributed by atoms with Gasteiger partial charge in [-0.05, 0) is 48.4 Å². The van der Waals surface area contributed by atoms with Crippen LogP contribution >= 0.6 is 0 Å². The number of hydrogen-bond acceptors (Lipinski definition) is 3. The molecule has 0 aromatic heterocycles. The fraction of sp³-hybridized carbons (Fsp3) is 0.524. The minimum atomic E-state index is 0.0341. The maximum atomic E-state index is 12.5. The van der Waals surface area contributed by atoms with Gasteiger partial charge in [0.15, 0.2) is 0 Å². The molecule has 2 atom stereocenters. The highest BCUT2D eigenvalue weighted by molar-refractivity contribution is 5.88. The van der Waals surface area contributed by atoms with Crippen LogP contribution in [0.25, 0.3) is 0 Å². The van der Waals surface area contributed by atoms with E-state index in [0.717, 1.165) is 19.4 Å². The van der Waals surface area contributed by atoms with E-state index in [9.17, 15) is 9.59 Å². The van der Waals surface area contributed by atoms with Crippen molar-refractivity contribution in [1.82, 2.24) is 10.2 Å². The maximum Gasteiger partial charge on any atom is 0.246 e. The molecule has 134 valence electrons. The molecule has 0 radical (unpaired) electrons. The first kappa shape index (κ1) is 17.9. The van der Waals surface area contributed by atoms with Gasteiger partial charge in [0.2, 0.25) is 5.91 Å². The molecular weight excluding hydrogens is 312 g/mol. The Kier molecular flexibility index (Phi) is 5.69. The Morgan fingerprint density at radius 2 is 1.88 bits per heavy atom. The first-order chi connectivity index (χ1) is 12.0. The molecule has 0 spiro atoms. The molecule has 1 amide bonds. The second-order valence-corrected chi connectivity index (χ2v) is 7.68. The first-order valence-electron chi connectivity index (χ1n) is 9.33. The molecule has 0 saturated carbocycles. The van der Waals surface area contributed by atoms with Crippen LogP contribution in [0.3, 0.4) is 0 Å². The van der Waals surface area contributed by atoms with Crippen molar-refractivity contribution in [1.29, 1.82) is 0 Å². The minimum Gasteiger partial charge on any atom is -0.330 e. The summed E-state index contributed by atoms with van der Waals surface area (Å²) in [4.78, 5) is 26.7. The van der Waals surface area contributed by atoms with Gasteiger partial charge in [0.05, 0.1) is 6.04 Å². The van der Waals surface area contributed by atoms with Crippen LogP contribution in [0, 0.1) is 11.8 Å². The van der Waals surface area contributed by atoms with Gasteiger partial charge in [-0.2, -0.15) is 0 Å². The second kappa shape index (κ2) is 7.96. The molecule has 2 heterocycles. The number of hydrogen-bond donors (Lipinski definition) is 1. The number of carbonyl (C=O) groups excluding carboxylic acids is 2. The van der Waals surface area contributed by atoms with Crippen LogP contribution in [-0.4, -0.2) is 29.2 Å². The summed E-state index contributed by atoms with van der Waals surface area (Å²) >= 11 is 0. The number of Topliss-reactive ketones (excluding diaryl/α,β-unsaturated/α-hetero) is 1. The van der Waals surface area contributed by atoms with Crippen molar-refractivity contribution in [2.24, 2.45) is 11.8 Å². The van der Waals surface area contributed by atoms with Gasteiger partial charge in [-0.1, -0.05) is 44.2 Å². The predicted octanol–water partition coefficient (Wildman–Crippen LogP) is 3.07. The number of carbonyl (C=O) groups is 2. The van der Waals surface area contributed by atoms with Gasteiger partial charge in [-0.15, -0.1) is 0 Å². The van der Waals surface area contributed by atoms with Crippen LogP contribution in [0.1, 0.15) is 44.2 Å². The Balaban J connectivity index is 1.58. The zero-order valence-corrected chi connectivity index (χ0v) is 15.2. The van der Waals surface area contributed by atoms with Crippen molar-refractivity contribution in [3.8, 4) is 0 Å². The van der Waals surface area contributed by atoms with Gasteiger partial charge < -0.3 is 10.2 Å². The van der Waals surface area contributed by atoms with E-state index in [-0.39, 0.29) is 23.7 Å². The normalized spacial score (nSPS) is 20.6. The highest BCUT2D eigenvalue weighted by Gasteiger charge is 2.26. The average Bonchev–Trinajstić information content (AvgIpc) is 2.94. The van der Waals surface area contributed by atoms with Gasteiger partial charge in [0.25, 0.3) is 0 Å². The lowest BCUT2D eigenvalue weighted by molar-refractivity contribution is -0.127. The number of benzene rings is 1. The van der Waals surface area contributed by atoms with Gasteiger partial charge in [0, 0.05) is 19.5 Å². The van der Waals surface area contributed by atoms with Gasteiger partial charge in [0.1, 0.15) is 5.78 Å². The molecule has 2 aliphatic heterocycles. The molecule has 1 aromatic rings. The van der Waals surface area contributed by atoms with Crippen LogP contribution in [0.5, 0.6) is 0 Å². The molecule has 1 aromatic carbocycles. The number of rotatable bonds is 7. The number of fused-ring (bicyclic) bond motifs is 1. The van der Waals surface area contributed by atoms with Crippen LogP contribution in [0.15, 0.2) is 36.4 Å². The predicted molar refractivity (Wildman–Crippen MR) is 98.8 cm³/mol. The van der Waals surface area contributed by atoms with E-state index < -0.39 is 0 Å². The zero-order valence-electron chi connectivity index (χ0n) is 15.2. The molecule has 3 rings (SSSR count). The number of nitrogens with zero attached hydrogens (tertiary/aromatic N) is 1. The Hall–Kier alpha value is -1.94. The molecular formula is C21H28N2O2. The minimum absolute atomic E-state index is 0.0341.